The van der Waals surface area contributed by atoms with E-state index < -0.39 is 34.9 Å². The summed E-state index contributed by atoms with van der Waals surface area (Å²) < 4.78 is 9.32. The average molecular weight is 440 g/mol. The van der Waals surface area contributed by atoms with Gasteiger partial charge in [-0.05, 0) is 12.0 Å². The normalized spacial score (nSPS) is 12.8. The maximum atomic E-state index is 12.2. The van der Waals surface area contributed by atoms with Gasteiger partial charge in [-0.2, -0.15) is 0 Å². The summed E-state index contributed by atoms with van der Waals surface area (Å²) in [6.45, 7) is 4.00. The van der Waals surface area contributed by atoms with Crippen LogP contribution in [-0.4, -0.2) is 47.9 Å². The first kappa shape index (κ1) is 24.7. The fraction of sp³-hybridized carbons (Fsp3) is 0.300. The Bertz CT molecular complexity index is 933. The van der Waals surface area contributed by atoms with E-state index in [1.54, 1.807) is 0 Å². The Morgan fingerprint density at radius 2 is 1.70 bits per heavy atom. The zero-order chi connectivity index (χ0) is 23.0. The van der Waals surface area contributed by atoms with Crippen molar-refractivity contribution in [1.82, 2.24) is 5.32 Å². The third-order valence-electron chi connectivity index (χ3n) is 3.85. The van der Waals surface area contributed by atoms with Crippen LogP contribution in [0.5, 0.6) is 11.5 Å². The van der Waals surface area contributed by atoms with Gasteiger partial charge < -0.3 is 25.0 Å². The highest BCUT2D eigenvalue weighted by Gasteiger charge is 2.25. The van der Waals surface area contributed by atoms with Crippen LogP contribution in [0, 0.1) is 0 Å². The highest BCUT2D eigenvalue weighted by molar-refractivity contribution is 6.33. The number of nitrogens with one attached hydrogen (secondary N) is 1. The fourth-order valence-electron chi connectivity index (χ4n) is 2.50. The van der Waals surface area contributed by atoms with Crippen molar-refractivity contribution in [2.75, 3.05) is 14.2 Å². The number of halogens is 1. The first-order chi connectivity index (χ1) is 14.2. The molecule has 0 bridgehead atoms. The molecule has 30 heavy (non-hydrogen) atoms. The Balaban J connectivity index is 0.00000218. The molecule has 0 fully saturated rings. The molecular weight excluding hydrogens is 418 g/mol. The van der Waals surface area contributed by atoms with E-state index >= 15 is 0 Å². The molecule has 1 aromatic carbocycles. The molecule has 2 rings (SSSR count). The van der Waals surface area contributed by atoms with E-state index in [0.717, 1.165) is 25.3 Å². The minimum absolute atomic E-state index is 0.00255. The van der Waals surface area contributed by atoms with Crippen molar-refractivity contribution in [3.05, 3.63) is 45.8 Å². The van der Waals surface area contributed by atoms with Crippen LogP contribution in [0.15, 0.2) is 29.7 Å². The molecule has 1 aliphatic carbocycles. The number of hydrogen-bond donors (Lipinski definition) is 3. The van der Waals surface area contributed by atoms with Crippen LogP contribution in [0.2, 0.25) is 5.02 Å². The van der Waals surface area contributed by atoms with E-state index in [4.69, 9.17) is 16.3 Å². The smallest absolute Gasteiger partial charge is 0.341 e. The lowest BCUT2D eigenvalue weighted by Crippen LogP contribution is -2.30. The van der Waals surface area contributed by atoms with Gasteiger partial charge in [-0.3, -0.25) is 14.4 Å². The number of aromatic hydroxyl groups is 2. The Kier molecular flexibility index (Phi) is 9.07. The van der Waals surface area contributed by atoms with Crippen molar-refractivity contribution in [3.8, 4) is 11.5 Å². The Labute approximate surface area is 177 Å². The highest BCUT2D eigenvalue weighted by atomic mass is 35.5. The molecule has 0 spiro atoms. The number of rotatable bonds is 6. The number of methoxy groups -OCH3 is 2. The topological polar surface area (TPSA) is 139 Å². The van der Waals surface area contributed by atoms with Crippen molar-refractivity contribution in [3.63, 3.8) is 0 Å². The number of phenolic OH excluding ortho intramolecular Hbond substituents is 2. The summed E-state index contributed by atoms with van der Waals surface area (Å²) >= 11 is 5.99. The molecule has 1 amide bonds. The summed E-state index contributed by atoms with van der Waals surface area (Å²) in [4.78, 5) is 47.7. The van der Waals surface area contributed by atoms with Crippen LogP contribution < -0.4 is 5.32 Å². The number of esters is 1. The van der Waals surface area contributed by atoms with Gasteiger partial charge in [0.25, 0.3) is 0 Å². The average Bonchev–Trinajstić information content (AvgIpc) is 2.72. The minimum atomic E-state index is -0.900. The second kappa shape index (κ2) is 11.0. The zero-order valence-electron chi connectivity index (χ0n) is 16.9. The van der Waals surface area contributed by atoms with E-state index in [9.17, 15) is 29.4 Å². The van der Waals surface area contributed by atoms with Crippen LogP contribution in [0.1, 0.15) is 36.2 Å². The van der Waals surface area contributed by atoms with E-state index in [2.05, 4.69) is 10.1 Å². The molecule has 0 saturated carbocycles. The summed E-state index contributed by atoms with van der Waals surface area (Å²) in [5.74, 6) is -3.93. The van der Waals surface area contributed by atoms with Gasteiger partial charge in [0.2, 0.25) is 17.5 Å². The number of allylic oxidation sites excluding steroid dienone is 2. The molecule has 3 N–H and O–H groups in total. The van der Waals surface area contributed by atoms with Gasteiger partial charge >= 0.3 is 5.97 Å². The Morgan fingerprint density at radius 1 is 1.07 bits per heavy atom. The number of amides is 1. The lowest BCUT2D eigenvalue weighted by molar-refractivity contribution is -0.122. The quantitative estimate of drug-likeness (QED) is 0.452. The summed E-state index contributed by atoms with van der Waals surface area (Å²) in [7, 11) is 2.33. The molecule has 0 aliphatic heterocycles. The number of hydrogen-bond acceptors (Lipinski definition) is 8. The predicted octanol–water partition coefficient (Wildman–Crippen LogP) is 2.18. The molecule has 10 heteroatoms. The maximum Gasteiger partial charge on any atom is 0.341 e. The molecule has 1 aromatic rings. The molecule has 162 valence electrons. The molecule has 0 atom stereocenters. The van der Waals surface area contributed by atoms with E-state index in [1.807, 2.05) is 13.8 Å². The number of carbonyl (C=O) groups is 4. The standard InChI is InChI=1S/C18H16ClNO8.C2H6/c1-27-14-7-10(21)9(5-11(14)22)20-15(25)4-3-8-16(18(26)28-2)12(23)6-13(24)17(8)19;1-2/h5-7,23-24H,3-4H2,1-2H3,(H,20,25);1-2H3. The van der Waals surface area contributed by atoms with Gasteiger partial charge in [0.1, 0.15) is 17.1 Å². The lowest BCUT2D eigenvalue weighted by Gasteiger charge is -2.14. The van der Waals surface area contributed by atoms with Crippen molar-refractivity contribution in [2.24, 2.45) is 0 Å². The molecule has 0 unspecified atom stereocenters. The summed E-state index contributed by atoms with van der Waals surface area (Å²) in [6, 6.07) is 0.884. The molecule has 0 radical (unpaired) electrons. The molecular formula is C20H22ClNO8. The Morgan fingerprint density at radius 3 is 2.27 bits per heavy atom. The highest BCUT2D eigenvalue weighted by Crippen LogP contribution is 2.37. The summed E-state index contributed by atoms with van der Waals surface area (Å²) in [5, 5.41) is 21.7. The number of ether oxygens (including phenoxy) is 2. The van der Waals surface area contributed by atoms with Crippen LogP contribution in [0.25, 0.3) is 0 Å². The summed E-state index contributed by atoms with van der Waals surface area (Å²) in [5.41, 5.74) is -0.509. The van der Waals surface area contributed by atoms with Crippen LogP contribution in [0.3, 0.4) is 0 Å². The van der Waals surface area contributed by atoms with Crippen LogP contribution in [-0.2, 0) is 30.3 Å². The van der Waals surface area contributed by atoms with Crippen molar-refractivity contribution < 1.29 is 38.9 Å². The van der Waals surface area contributed by atoms with Gasteiger partial charge in [-0.15, -0.1) is 0 Å². The third-order valence-corrected chi connectivity index (χ3v) is 4.27. The van der Waals surface area contributed by atoms with E-state index in [-0.39, 0.29) is 40.4 Å². The molecule has 9 nitrogen and oxygen atoms in total. The van der Waals surface area contributed by atoms with Crippen molar-refractivity contribution in [2.45, 2.75) is 26.7 Å². The first-order valence-electron chi connectivity index (χ1n) is 8.87. The monoisotopic (exact) mass is 439 g/mol. The molecule has 1 aliphatic rings. The second-order valence-corrected chi connectivity index (χ2v) is 6.00. The minimum Gasteiger partial charge on any atom is -0.507 e. The van der Waals surface area contributed by atoms with Gasteiger partial charge in [0, 0.05) is 24.6 Å². The Hall–Kier alpha value is -3.33. The first-order valence-corrected chi connectivity index (χ1v) is 9.24. The molecule has 0 saturated heterocycles. The summed E-state index contributed by atoms with van der Waals surface area (Å²) in [6.07, 6.45) is 1.46. The number of benzene rings is 1. The third kappa shape index (κ3) is 5.60. The van der Waals surface area contributed by atoms with Crippen LogP contribution in [0.4, 0.5) is 0 Å². The molecule has 0 aromatic heterocycles. The van der Waals surface area contributed by atoms with Gasteiger partial charge in [0.05, 0.1) is 24.9 Å². The van der Waals surface area contributed by atoms with Gasteiger partial charge in [-0.1, -0.05) is 25.4 Å². The maximum absolute atomic E-state index is 12.2. The predicted molar refractivity (Wildman–Crippen MR) is 107 cm³/mol. The van der Waals surface area contributed by atoms with Crippen molar-refractivity contribution in [1.29, 1.82) is 0 Å². The van der Waals surface area contributed by atoms with Crippen molar-refractivity contribution >= 4 is 35.0 Å². The van der Waals surface area contributed by atoms with Gasteiger partial charge in [0.15, 0.2) is 5.76 Å². The van der Waals surface area contributed by atoms with E-state index in [1.165, 1.54) is 7.11 Å². The van der Waals surface area contributed by atoms with Crippen LogP contribution >= 0.6 is 11.6 Å². The zero-order valence-corrected chi connectivity index (χ0v) is 17.6. The fourth-order valence-corrected chi connectivity index (χ4v) is 2.74. The number of phenols is 2. The van der Waals surface area contributed by atoms with E-state index in [0.29, 0.717) is 0 Å². The number of ketones is 2. The molecule has 0 heterocycles. The lowest BCUT2D eigenvalue weighted by atomic mass is 10.0. The number of carbonyl (C=O) groups excluding carboxylic acids is 4. The largest absolute Gasteiger partial charge is 0.507 e. The second-order valence-electron chi connectivity index (χ2n) is 5.62. The SMILES string of the molecule is CC.COC(=O)c1c(O)cc(O)c(Cl)c1CCC(=O)NC1=CC(=O)C(OC)=CC1=O. The van der Waals surface area contributed by atoms with Gasteiger partial charge in [-0.25, -0.2) is 4.79 Å².